The van der Waals surface area contributed by atoms with E-state index in [0.29, 0.717) is 0 Å². The number of hydrogen-bond donors (Lipinski definition) is 1. The van der Waals surface area contributed by atoms with Gasteiger partial charge in [-0.15, -0.1) is 0 Å². The number of aromatic nitrogens is 2. The molecule has 6 heteroatoms. The standard InChI is InChI=1S/C9H9FO2.C9H10N2O/c1-6(11)9-7(10)4-3-5-8(9)12-2;1-6-9-7(11-10-6)4-3-5-8(9)12-2/h3-5H,1-2H3;3-5H,1-2H3,(H,10,11). The molecule has 0 saturated heterocycles. The number of H-pyrrole nitrogens is 1. The first kappa shape index (κ1) is 17.5. The summed E-state index contributed by atoms with van der Waals surface area (Å²) in [6, 6.07) is 10.1. The van der Waals surface area contributed by atoms with Gasteiger partial charge in [-0.2, -0.15) is 5.10 Å². The summed E-state index contributed by atoms with van der Waals surface area (Å²) in [7, 11) is 3.07. The van der Waals surface area contributed by atoms with Crippen LogP contribution in [0.15, 0.2) is 36.4 Å². The topological polar surface area (TPSA) is 64.2 Å². The molecule has 0 radical (unpaired) electrons. The zero-order valence-electron chi connectivity index (χ0n) is 14.0. The number of fused-ring (bicyclic) bond motifs is 1. The summed E-state index contributed by atoms with van der Waals surface area (Å²) >= 11 is 0. The minimum absolute atomic E-state index is 0.0139. The second-order valence-corrected chi connectivity index (χ2v) is 5.08. The Bertz CT molecular complexity index is 859. The number of benzene rings is 2. The van der Waals surface area contributed by atoms with Crippen LogP contribution in [-0.4, -0.2) is 30.2 Å². The van der Waals surface area contributed by atoms with Crippen molar-refractivity contribution >= 4 is 16.7 Å². The van der Waals surface area contributed by atoms with E-state index in [2.05, 4.69) is 10.2 Å². The minimum atomic E-state index is -0.540. The van der Waals surface area contributed by atoms with Crippen LogP contribution in [0.1, 0.15) is 23.0 Å². The first-order chi connectivity index (χ1) is 11.5. The lowest BCUT2D eigenvalue weighted by atomic mass is 10.1. The largest absolute Gasteiger partial charge is 0.496 e. The van der Waals surface area contributed by atoms with Crippen molar-refractivity contribution in [3.8, 4) is 11.5 Å². The maximum atomic E-state index is 13.0. The van der Waals surface area contributed by atoms with Crippen LogP contribution in [0, 0.1) is 12.7 Å². The molecule has 0 aliphatic rings. The number of nitrogens with one attached hydrogen (secondary N) is 1. The molecule has 0 unspecified atom stereocenters. The Morgan fingerprint density at radius 1 is 1.08 bits per heavy atom. The third kappa shape index (κ3) is 3.53. The second kappa shape index (κ2) is 7.59. The van der Waals surface area contributed by atoms with Gasteiger partial charge in [0, 0.05) is 5.69 Å². The maximum absolute atomic E-state index is 13.0. The van der Waals surface area contributed by atoms with Gasteiger partial charge in [0.1, 0.15) is 17.3 Å². The molecule has 0 spiro atoms. The molecule has 1 N–H and O–H groups in total. The highest BCUT2D eigenvalue weighted by Crippen LogP contribution is 2.26. The molecular formula is C18H19FN2O3. The molecule has 3 aromatic rings. The SMILES string of the molecule is COc1cccc(F)c1C(C)=O.COc1cccc2n[nH]c(C)c12. The fourth-order valence-corrected chi connectivity index (χ4v) is 2.38. The van der Waals surface area contributed by atoms with E-state index >= 15 is 0 Å². The average molecular weight is 330 g/mol. The molecule has 0 amide bonds. The minimum Gasteiger partial charge on any atom is -0.496 e. The molecule has 0 atom stereocenters. The number of ketones is 1. The Labute approximate surface area is 139 Å². The van der Waals surface area contributed by atoms with Crippen LogP contribution in [0.25, 0.3) is 10.9 Å². The Balaban J connectivity index is 0.000000174. The van der Waals surface area contributed by atoms with E-state index in [9.17, 15) is 9.18 Å². The lowest BCUT2D eigenvalue weighted by Gasteiger charge is -2.05. The molecule has 1 heterocycles. The van der Waals surface area contributed by atoms with Crippen molar-refractivity contribution in [2.24, 2.45) is 0 Å². The summed E-state index contributed by atoms with van der Waals surface area (Å²) in [5.74, 6) is 0.285. The van der Waals surface area contributed by atoms with Crippen LogP contribution >= 0.6 is 0 Å². The van der Waals surface area contributed by atoms with E-state index in [4.69, 9.17) is 9.47 Å². The number of ether oxygens (including phenoxy) is 2. The van der Waals surface area contributed by atoms with Gasteiger partial charge in [0.05, 0.1) is 30.7 Å². The Morgan fingerprint density at radius 2 is 1.71 bits per heavy atom. The zero-order valence-corrected chi connectivity index (χ0v) is 14.0. The monoisotopic (exact) mass is 330 g/mol. The van der Waals surface area contributed by atoms with Crippen LogP contribution in [0.2, 0.25) is 0 Å². The van der Waals surface area contributed by atoms with Gasteiger partial charge in [-0.05, 0) is 38.1 Å². The van der Waals surface area contributed by atoms with Gasteiger partial charge in [-0.1, -0.05) is 12.1 Å². The number of carbonyl (C=O) groups is 1. The Kier molecular flexibility index (Phi) is 5.52. The molecular weight excluding hydrogens is 311 g/mol. The van der Waals surface area contributed by atoms with E-state index in [1.54, 1.807) is 13.2 Å². The smallest absolute Gasteiger partial charge is 0.166 e. The van der Waals surface area contributed by atoms with Crippen molar-refractivity contribution in [2.45, 2.75) is 13.8 Å². The summed E-state index contributed by atoms with van der Waals surface area (Å²) < 4.78 is 23.0. The summed E-state index contributed by atoms with van der Waals surface area (Å²) in [5.41, 5.74) is 2.01. The molecule has 3 rings (SSSR count). The molecule has 1 aromatic heterocycles. The number of aryl methyl sites for hydroxylation is 1. The van der Waals surface area contributed by atoms with Crippen molar-refractivity contribution in [3.63, 3.8) is 0 Å². The number of rotatable bonds is 3. The van der Waals surface area contributed by atoms with E-state index in [0.717, 1.165) is 22.3 Å². The van der Waals surface area contributed by atoms with Crippen LogP contribution in [0.3, 0.4) is 0 Å². The normalized spacial score (nSPS) is 10.0. The highest BCUT2D eigenvalue weighted by atomic mass is 19.1. The molecule has 126 valence electrons. The van der Waals surface area contributed by atoms with Gasteiger partial charge < -0.3 is 9.47 Å². The summed E-state index contributed by atoms with van der Waals surface area (Å²) in [6.07, 6.45) is 0. The molecule has 2 aromatic carbocycles. The molecule has 0 aliphatic carbocycles. The van der Waals surface area contributed by atoms with Crippen LogP contribution < -0.4 is 9.47 Å². The molecule has 0 saturated carbocycles. The number of aromatic amines is 1. The molecule has 0 aliphatic heterocycles. The number of Topliss-reactive ketones (excluding diaryl/α,β-unsaturated/α-hetero) is 1. The number of nitrogens with zero attached hydrogens (tertiary/aromatic N) is 1. The number of hydrogen-bond acceptors (Lipinski definition) is 4. The number of methoxy groups -OCH3 is 2. The third-order valence-corrected chi connectivity index (χ3v) is 3.49. The fourth-order valence-electron chi connectivity index (χ4n) is 2.38. The lowest BCUT2D eigenvalue weighted by molar-refractivity contribution is 0.101. The zero-order chi connectivity index (χ0) is 17.7. The Hall–Kier alpha value is -2.89. The van der Waals surface area contributed by atoms with Crippen LogP contribution in [0.5, 0.6) is 11.5 Å². The van der Waals surface area contributed by atoms with E-state index < -0.39 is 5.82 Å². The van der Waals surface area contributed by atoms with Gasteiger partial charge >= 0.3 is 0 Å². The highest BCUT2D eigenvalue weighted by molar-refractivity contribution is 5.97. The van der Waals surface area contributed by atoms with E-state index in [-0.39, 0.29) is 17.1 Å². The quantitative estimate of drug-likeness (QED) is 0.739. The average Bonchev–Trinajstić information content (AvgIpc) is 2.96. The number of carbonyl (C=O) groups excluding carboxylic acids is 1. The third-order valence-electron chi connectivity index (χ3n) is 3.49. The number of halogens is 1. The van der Waals surface area contributed by atoms with Crippen molar-refractivity contribution in [1.82, 2.24) is 10.2 Å². The summed E-state index contributed by atoms with van der Waals surface area (Å²) in [5, 5.41) is 8.11. The highest BCUT2D eigenvalue weighted by Gasteiger charge is 2.12. The van der Waals surface area contributed by atoms with Gasteiger partial charge in [0.15, 0.2) is 5.78 Å². The second-order valence-electron chi connectivity index (χ2n) is 5.08. The van der Waals surface area contributed by atoms with Crippen molar-refractivity contribution in [3.05, 3.63) is 53.5 Å². The van der Waals surface area contributed by atoms with E-state index in [1.807, 2.05) is 25.1 Å². The van der Waals surface area contributed by atoms with Gasteiger partial charge in [0.2, 0.25) is 0 Å². The van der Waals surface area contributed by atoms with Crippen LogP contribution in [-0.2, 0) is 0 Å². The summed E-state index contributed by atoms with van der Waals surface area (Å²) in [6.45, 7) is 3.29. The van der Waals surface area contributed by atoms with Crippen molar-refractivity contribution in [1.29, 1.82) is 0 Å². The van der Waals surface area contributed by atoms with E-state index in [1.165, 1.54) is 26.2 Å². The predicted molar refractivity (Wildman–Crippen MR) is 90.3 cm³/mol. The summed E-state index contributed by atoms with van der Waals surface area (Å²) in [4.78, 5) is 10.9. The first-order valence-electron chi connectivity index (χ1n) is 7.30. The Morgan fingerprint density at radius 3 is 2.29 bits per heavy atom. The van der Waals surface area contributed by atoms with Gasteiger partial charge in [0.25, 0.3) is 0 Å². The molecule has 0 fully saturated rings. The molecule has 5 nitrogen and oxygen atoms in total. The lowest BCUT2D eigenvalue weighted by Crippen LogP contribution is -2.00. The van der Waals surface area contributed by atoms with Crippen LogP contribution in [0.4, 0.5) is 4.39 Å². The first-order valence-corrected chi connectivity index (χ1v) is 7.30. The van der Waals surface area contributed by atoms with Gasteiger partial charge in [-0.3, -0.25) is 9.89 Å². The van der Waals surface area contributed by atoms with Crippen molar-refractivity contribution in [2.75, 3.05) is 14.2 Å². The molecule has 0 bridgehead atoms. The van der Waals surface area contributed by atoms with Crippen molar-refractivity contribution < 1.29 is 18.7 Å². The molecule has 24 heavy (non-hydrogen) atoms. The predicted octanol–water partition coefficient (Wildman–Crippen LogP) is 3.92. The maximum Gasteiger partial charge on any atom is 0.166 e. The fraction of sp³-hybridized carbons (Fsp3) is 0.222. The van der Waals surface area contributed by atoms with Gasteiger partial charge in [-0.25, -0.2) is 4.39 Å².